The maximum atomic E-state index is 13.3. The Morgan fingerprint density at radius 1 is 0.829 bits per heavy atom. The number of methoxy groups -OCH3 is 2. The smallest absolute Gasteiger partial charge is 0.264 e. The van der Waals surface area contributed by atoms with E-state index >= 15 is 0 Å². The van der Waals surface area contributed by atoms with Crippen LogP contribution in [0.2, 0.25) is 0 Å². The average Bonchev–Trinajstić information content (AvgIpc) is 2.83. The van der Waals surface area contributed by atoms with Crippen molar-refractivity contribution in [2.24, 2.45) is 0 Å². The predicted molar refractivity (Wildman–Crippen MR) is 136 cm³/mol. The molecule has 1 heterocycles. The molecule has 0 unspecified atom stereocenters. The zero-order chi connectivity index (χ0) is 25.4. The normalized spacial score (nSPS) is 13.8. The van der Waals surface area contributed by atoms with Gasteiger partial charge in [0.15, 0.2) is 0 Å². The van der Waals surface area contributed by atoms with Crippen LogP contribution in [0.25, 0.3) is 0 Å². The molecule has 1 N–H and O–H groups in total. The first-order valence-corrected chi connectivity index (χ1v) is 14.0. The Balaban J connectivity index is 1.63. The Morgan fingerprint density at radius 2 is 1.49 bits per heavy atom. The maximum absolute atomic E-state index is 13.3. The molecular formula is C25H28N2O6S2. The van der Waals surface area contributed by atoms with Crippen molar-refractivity contribution >= 4 is 31.4 Å². The Kier molecular flexibility index (Phi) is 6.70. The Bertz CT molecular complexity index is 1440. The zero-order valence-electron chi connectivity index (χ0n) is 20.0. The van der Waals surface area contributed by atoms with Crippen LogP contribution in [0.4, 0.5) is 11.4 Å². The van der Waals surface area contributed by atoms with Gasteiger partial charge in [0, 0.05) is 12.2 Å². The van der Waals surface area contributed by atoms with E-state index in [1.54, 1.807) is 63.4 Å². The monoisotopic (exact) mass is 516 g/mol. The van der Waals surface area contributed by atoms with E-state index in [1.807, 2.05) is 0 Å². The highest BCUT2D eigenvalue weighted by Gasteiger charge is 2.29. The minimum Gasteiger partial charge on any atom is -0.497 e. The molecule has 0 saturated carbocycles. The first-order chi connectivity index (χ1) is 16.6. The second-order valence-corrected chi connectivity index (χ2v) is 11.9. The van der Waals surface area contributed by atoms with Crippen LogP contribution < -0.4 is 18.5 Å². The molecule has 0 amide bonds. The molecule has 0 spiro atoms. The third-order valence-electron chi connectivity index (χ3n) is 6.00. The molecule has 3 aromatic rings. The minimum atomic E-state index is -3.85. The largest absolute Gasteiger partial charge is 0.497 e. The van der Waals surface area contributed by atoms with Crippen LogP contribution >= 0.6 is 0 Å². The van der Waals surface area contributed by atoms with Gasteiger partial charge in [0.05, 0.1) is 29.7 Å². The van der Waals surface area contributed by atoms with Crippen LogP contribution in [0.15, 0.2) is 64.4 Å². The lowest BCUT2D eigenvalue weighted by Crippen LogP contribution is -2.35. The SMILES string of the molecule is COc1ccc(S(=O)(=O)N2CCCc3cc(NS(=O)(=O)c4cc(C)c(OC)c(C)c4)ccc32)cc1. The second kappa shape index (κ2) is 9.43. The summed E-state index contributed by atoms with van der Waals surface area (Å²) in [6, 6.07) is 14.3. The van der Waals surface area contributed by atoms with Crippen molar-refractivity contribution in [3.8, 4) is 11.5 Å². The molecule has 0 bridgehead atoms. The molecular weight excluding hydrogens is 488 g/mol. The summed E-state index contributed by atoms with van der Waals surface area (Å²) in [6.45, 7) is 3.93. The standard InChI is InChI=1S/C25H28N2O6S2/c1-17-14-23(15-18(2)25(17)33-4)34(28,29)26-20-7-12-24-19(16-20)6-5-13-27(24)35(30,31)22-10-8-21(32-3)9-11-22/h7-12,14-16,26H,5-6,13H2,1-4H3. The number of fused-ring (bicyclic) bond motifs is 1. The number of benzene rings is 3. The molecule has 0 atom stereocenters. The summed E-state index contributed by atoms with van der Waals surface area (Å²) < 4.78 is 67.2. The molecule has 0 saturated heterocycles. The van der Waals surface area contributed by atoms with Gasteiger partial charge in [-0.25, -0.2) is 16.8 Å². The molecule has 8 nitrogen and oxygen atoms in total. The third kappa shape index (κ3) is 4.81. The van der Waals surface area contributed by atoms with Gasteiger partial charge in [0.2, 0.25) is 0 Å². The van der Waals surface area contributed by atoms with Crippen molar-refractivity contribution < 1.29 is 26.3 Å². The van der Waals surface area contributed by atoms with Gasteiger partial charge in [-0.2, -0.15) is 0 Å². The van der Waals surface area contributed by atoms with Crippen molar-refractivity contribution in [3.63, 3.8) is 0 Å². The van der Waals surface area contributed by atoms with Gasteiger partial charge in [-0.15, -0.1) is 0 Å². The number of sulfonamides is 2. The summed E-state index contributed by atoms with van der Waals surface area (Å²) in [5.74, 6) is 1.22. The number of ether oxygens (including phenoxy) is 2. The van der Waals surface area contributed by atoms with E-state index in [-0.39, 0.29) is 9.79 Å². The van der Waals surface area contributed by atoms with Crippen molar-refractivity contribution in [3.05, 3.63) is 71.3 Å². The van der Waals surface area contributed by atoms with E-state index in [0.29, 0.717) is 42.3 Å². The van der Waals surface area contributed by atoms with E-state index in [9.17, 15) is 16.8 Å². The van der Waals surface area contributed by atoms with Gasteiger partial charge in [0.1, 0.15) is 11.5 Å². The number of rotatable bonds is 7. The summed E-state index contributed by atoms with van der Waals surface area (Å²) in [7, 11) is -4.56. The van der Waals surface area contributed by atoms with Gasteiger partial charge in [-0.05, 0) is 98.0 Å². The zero-order valence-corrected chi connectivity index (χ0v) is 21.7. The van der Waals surface area contributed by atoms with Crippen LogP contribution in [0, 0.1) is 13.8 Å². The summed E-state index contributed by atoms with van der Waals surface area (Å²) in [5, 5.41) is 0. The summed E-state index contributed by atoms with van der Waals surface area (Å²) in [5.41, 5.74) is 3.12. The summed E-state index contributed by atoms with van der Waals surface area (Å²) >= 11 is 0. The maximum Gasteiger partial charge on any atom is 0.264 e. The van der Waals surface area contributed by atoms with Gasteiger partial charge >= 0.3 is 0 Å². The molecule has 0 aliphatic carbocycles. The van der Waals surface area contributed by atoms with Crippen LogP contribution in [-0.4, -0.2) is 37.6 Å². The van der Waals surface area contributed by atoms with Crippen molar-refractivity contribution in [2.45, 2.75) is 36.5 Å². The molecule has 35 heavy (non-hydrogen) atoms. The summed E-state index contributed by atoms with van der Waals surface area (Å²) in [4.78, 5) is 0.302. The fourth-order valence-corrected chi connectivity index (χ4v) is 7.11. The number of nitrogens with one attached hydrogen (secondary N) is 1. The Hall–Kier alpha value is -3.24. The molecule has 3 aromatic carbocycles. The highest BCUT2D eigenvalue weighted by Crippen LogP contribution is 2.35. The molecule has 0 fully saturated rings. The third-order valence-corrected chi connectivity index (χ3v) is 9.19. The van der Waals surface area contributed by atoms with E-state index in [1.165, 1.54) is 23.5 Å². The molecule has 0 radical (unpaired) electrons. The van der Waals surface area contributed by atoms with Crippen molar-refractivity contribution in [2.75, 3.05) is 29.8 Å². The van der Waals surface area contributed by atoms with Crippen LogP contribution in [0.5, 0.6) is 11.5 Å². The fraction of sp³-hybridized carbons (Fsp3) is 0.280. The molecule has 1 aliphatic heterocycles. The van der Waals surface area contributed by atoms with Gasteiger partial charge in [-0.3, -0.25) is 9.03 Å². The number of nitrogens with zero attached hydrogens (tertiary/aromatic N) is 1. The second-order valence-electron chi connectivity index (χ2n) is 8.40. The minimum absolute atomic E-state index is 0.134. The van der Waals surface area contributed by atoms with E-state index < -0.39 is 20.0 Å². The molecule has 1 aliphatic rings. The Labute approximate surface area is 206 Å². The molecule has 0 aromatic heterocycles. The van der Waals surface area contributed by atoms with E-state index in [0.717, 1.165) is 16.7 Å². The van der Waals surface area contributed by atoms with Crippen LogP contribution in [0.1, 0.15) is 23.1 Å². The van der Waals surface area contributed by atoms with Gasteiger partial charge in [0.25, 0.3) is 20.0 Å². The highest BCUT2D eigenvalue weighted by atomic mass is 32.2. The number of aryl methyl sites for hydroxylation is 3. The lowest BCUT2D eigenvalue weighted by molar-refractivity contribution is 0.408. The Morgan fingerprint density at radius 3 is 2.09 bits per heavy atom. The van der Waals surface area contributed by atoms with Gasteiger partial charge < -0.3 is 9.47 Å². The first-order valence-electron chi connectivity index (χ1n) is 11.0. The molecule has 186 valence electrons. The molecule has 10 heteroatoms. The quantitative estimate of drug-likeness (QED) is 0.503. The molecule has 4 rings (SSSR count). The fourth-order valence-electron chi connectivity index (χ4n) is 4.35. The first kappa shape index (κ1) is 24.9. The lowest BCUT2D eigenvalue weighted by atomic mass is 10.0. The average molecular weight is 517 g/mol. The topological polar surface area (TPSA) is 102 Å². The van der Waals surface area contributed by atoms with Crippen molar-refractivity contribution in [1.82, 2.24) is 0 Å². The highest BCUT2D eigenvalue weighted by molar-refractivity contribution is 7.93. The van der Waals surface area contributed by atoms with Crippen molar-refractivity contribution in [1.29, 1.82) is 0 Å². The predicted octanol–water partition coefficient (Wildman–Crippen LogP) is 4.26. The number of anilines is 2. The number of hydrogen-bond donors (Lipinski definition) is 1. The lowest BCUT2D eigenvalue weighted by Gasteiger charge is -2.31. The van der Waals surface area contributed by atoms with E-state index in [2.05, 4.69) is 4.72 Å². The van der Waals surface area contributed by atoms with E-state index in [4.69, 9.17) is 9.47 Å². The van der Waals surface area contributed by atoms with Gasteiger partial charge in [-0.1, -0.05) is 0 Å². The summed E-state index contributed by atoms with van der Waals surface area (Å²) in [6.07, 6.45) is 1.26. The number of hydrogen-bond acceptors (Lipinski definition) is 6. The van der Waals surface area contributed by atoms with Crippen LogP contribution in [-0.2, 0) is 26.5 Å². The van der Waals surface area contributed by atoms with Crippen LogP contribution in [0.3, 0.4) is 0 Å².